The van der Waals surface area contributed by atoms with Crippen molar-refractivity contribution >= 4 is 23.6 Å². The van der Waals surface area contributed by atoms with E-state index in [1.807, 2.05) is 13.2 Å². The summed E-state index contributed by atoms with van der Waals surface area (Å²) in [6.07, 6.45) is 2.11. The summed E-state index contributed by atoms with van der Waals surface area (Å²) in [6, 6.07) is 10.8. The molecule has 0 spiro atoms. The van der Waals surface area contributed by atoms with E-state index < -0.39 is 0 Å². The highest BCUT2D eigenvalue weighted by molar-refractivity contribution is 7.97. The van der Waals surface area contributed by atoms with Gasteiger partial charge in [-0.15, -0.1) is 0 Å². The Morgan fingerprint density at radius 1 is 1.00 bits per heavy atom. The highest BCUT2D eigenvalue weighted by Crippen LogP contribution is 2.17. The fourth-order valence-electron chi connectivity index (χ4n) is 2.82. The number of nitrogens with zero attached hydrogens (tertiary/aromatic N) is 1. The Hall–Kier alpha value is -2.61. The molecule has 1 amide bonds. The number of carbonyl (C=O) groups excluding carboxylic acids is 1. The van der Waals surface area contributed by atoms with E-state index in [4.69, 9.17) is 0 Å². The molecular formula is C22H28F2N4OS. The van der Waals surface area contributed by atoms with Crippen molar-refractivity contribution in [3.05, 3.63) is 70.8 Å². The normalized spacial score (nSPS) is 11.3. The van der Waals surface area contributed by atoms with Crippen molar-refractivity contribution in [2.24, 2.45) is 4.99 Å². The zero-order valence-corrected chi connectivity index (χ0v) is 18.1. The van der Waals surface area contributed by atoms with Crippen LogP contribution in [0, 0.1) is 11.6 Å². The summed E-state index contributed by atoms with van der Waals surface area (Å²) < 4.78 is 26.7. The van der Waals surface area contributed by atoms with Crippen molar-refractivity contribution in [2.75, 3.05) is 25.9 Å². The van der Waals surface area contributed by atoms with E-state index in [0.717, 1.165) is 16.9 Å². The molecule has 0 aliphatic carbocycles. The molecule has 0 saturated heterocycles. The number of halogens is 2. The van der Waals surface area contributed by atoms with Crippen LogP contribution in [-0.4, -0.2) is 37.8 Å². The Morgan fingerprint density at radius 2 is 1.77 bits per heavy atom. The Balaban J connectivity index is 1.83. The lowest BCUT2D eigenvalue weighted by Gasteiger charge is -2.13. The zero-order chi connectivity index (χ0) is 21.8. The zero-order valence-electron chi connectivity index (χ0n) is 17.3. The number of aliphatic imine (C=N–C) groups is 1. The first-order valence-corrected chi connectivity index (χ1v) is 11.2. The number of benzene rings is 2. The van der Waals surface area contributed by atoms with Crippen LogP contribution in [0.15, 0.2) is 47.5 Å². The van der Waals surface area contributed by atoms with Gasteiger partial charge in [0.25, 0.3) is 0 Å². The molecule has 0 atom stereocenters. The minimum Gasteiger partial charge on any atom is -0.357 e. The number of rotatable bonds is 10. The third-order valence-corrected chi connectivity index (χ3v) is 4.81. The summed E-state index contributed by atoms with van der Waals surface area (Å²) in [5.74, 6) is 0.582. The van der Waals surface area contributed by atoms with Gasteiger partial charge in [0.1, 0.15) is 11.6 Å². The number of guanidine groups is 1. The van der Waals surface area contributed by atoms with Gasteiger partial charge in [0, 0.05) is 25.4 Å². The molecule has 0 radical (unpaired) electrons. The summed E-state index contributed by atoms with van der Waals surface area (Å²) in [6.45, 7) is 3.99. The van der Waals surface area contributed by atoms with Crippen LogP contribution in [0.4, 0.5) is 8.78 Å². The third-order valence-electron chi connectivity index (χ3n) is 4.21. The molecule has 5 nitrogen and oxygen atoms in total. The Kier molecular flexibility index (Phi) is 10.1. The van der Waals surface area contributed by atoms with Gasteiger partial charge in [0.05, 0.1) is 13.0 Å². The van der Waals surface area contributed by atoms with Gasteiger partial charge in [-0.05, 0) is 54.1 Å². The first-order chi connectivity index (χ1) is 14.5. The van der Waals surface area contributed by atoms with Crippen LogP contribution in [0.2, 0.25) is 0 Å². The van der Waals surface area contributed by atoms with Gasteiger partial charge in [-0.25, -0.2) is 13.8 Å². The molecule has 2 aromatic rings. The first-order valence-electron chi connectivity index (χ1n) is 9.81. The molecule has 2 rings (SSSR count). The van der Waals surface area contributed by atoms with Gasteiger partial charge in [-0.3, -0.25) is 4.79 Å². The summed E-state index contributed by atoms with van der Waals surface area (Å²) in [5, 5.41) is 9.12. The second kappa shape index (κ2) is 12.8. The summed E-state index contributed by atoms with van der Waals surface area (Å²) in [5.41, 5.74) is 2.55. The van der Waals surface area contributed by atoms with Crippen molar-refractivity contribution in [1.29, 1.82) is 0 Å². The van der Waals surface area contributed by atoms with Crippen LogP contribution >= 0.6 is 11.8 Å². The fourth-order valence-corrected chi connectivity index (χ4v) is 3.40. The minimum absolute atomic E-state index is 0.134. The van der Waals surface area contributed by atoms with Crippen LogP contribution < -0.4 is 16.0 Å². The molecule has 0 saturated carbocycles. The van der Waals surface area contributed by atoms with Crippen molar-refractivity contribution < 1.29 is 13.6 Å². The van der Waals surface area contributed by atoms with E-state index in [1.54, 1.807) is 36.0 Å². The van der Waals surface area contributed by atoms with E-state index in [2.05, 4.69) is 20.9 Å². The molecule has 0 bridgehead atoms. The molecule has 0 fully saturated rings. The summed E-state index contributed by atoms with van der Waals surface area (Å²) in [7, 11) is 0. The second-order valence-electron chi connectivity index (χ2n) is 6.62. The number of thioether (sulfide) groups is 1. The number of carbonyl (C=O) groups is 1. The number of hydrogen-bond acceptors (Lipinski definition) is 3. The highest BCUT2D eigenvalue weighted by atomic mass is 32.2. The predicted octanol–water partition coefficient (Wildman–Crippen LogP) is 3.24. The van der Waals surface area contributed by atoms with Gasteiger partial charge in [0.2, 0.25) is 5.91 Å². The van der Waals surface area contributed by atoms with Gasteiger partial charge in [-0.2, -0.15) is 11.8 Å². The van der Waals surface area contributed by atoms with Crippen LogP contribution in [-0.2, 0) is 23.5 Å². The molecule has 30 heavy (non-hydrogen) atoms. The van der Waals surface area contributed by atoms with Crippen LogP contribution in [0.25, 0.3) is 0 Å². The lowest BCUT2D eigenvalue weighted by atomic mass is 10.1. The molecule has 0 aliphatic rings. The lowest BCUT2D eigenvalue weighted by Crippen LogP contribution is -2.41. The van der Waals surface area contributed by atoms with E-state index >= 15 is 0 Å². The number of nitrogens with one attached hydrogen (secondary N) is 3. The minimum atomic E-state index is -0.352. The maximum atomic E-state index is 13.5. The van der Waals surface area contributed by atoms with Crippen molar-refractivity contribution in [1.82, 2.24) is 16.0 Å². The molecule has 2 aromatic carbocycles. The maximum absolute atomic E-state index is 13.5. The molecule has 3 N–H and O–H groups in total. The van der Waals surface area contributed by atoms with E-state index in [0.29, 0.717) is 37.7 Å². The van der Waals surface area contributed by atoms with E-state index in [1.165, 1.54) is 18.2 Å². The van der Waals surface area contributed by atoms with E-state index in [-0.39, 0.29) is 24.0 Å². The van der Waals surface area contributed by atoms with Gasteiger partial charge >= 0.3 is 0 Å². The lowest BCUT2D eigenvalue weighted by molar-refractivity contribution is -0.120. The number of amides is 1. The largest absolute Gasteiger partial charge is 0.357 e. The van der Waals surface area contributed by atoms with Crippen LogP contribution in [0.3, 0.4) is 0 Å². The highest BCUT2D eigenvalue weighted by Gasteiger charge is 2.06. The monoisotopic (exact) mass is 434 g/mol. The average molecular weight is 435 g/mol. The molecule has 0 heterocycles. The Bertz CT molecular complexity index is 861. The topological polar surface area (TPSA) is 65.5 Å². The first kappa shape index (κ1) is 23.7. The second-order valence-corrected chi connectivity index (χ2v) is 7.49. The maximum Gasteiger partial charge on any atom is 0.224 e. The predicted molar refractivity (Wildman–Crippen MR) is 120 cm³/mol. The molecular weight excluding hydrogens is 406 g/mol. The Morgan fingerprint density at radius 3 is 2.50 bits per heavy atom. The van der Waals surface area contributed by atoms with Gasteiger partial charge < -0.3 is 16.0 Å². The molecule has 0 unspecified atom stereocenters. The van der Waals surface area contributed by atoms with Crippen molar-refractivity contribution in [2.45, 2.75) is 25.6 Å². The fraction of sp³-hybridized carbons (Fsp3) is 0.364. The third kappa shape index (κ3) is 8.41. The van der Waals surface area contributed by atoms with Crippen molar-refractivity contribution in [3.63, 3.8) is 0 Å². The molecule has 162 valence electrons. The number of hydrogen-bond donors (Lipinski definition) is 3. The average Bonchev–Trinajstić information content (AvgIpc) is 2.70. The summed E-state index contributed by atoms with van der Waals surface area (Å²) >= 11 is 1.64. The van der Waals surface area contributed by atoms with E-state index in [9.17, 15) is 13.6 Å². The van der Waals surface area contributed by atoms with Crippen LogP contribution in [0.1, 0.15) is 23.6 Å². The van der Waals surface area contributed by atoms with Crippen molar-refractivity contribution in [3.8, 4) is 0 Å². The molecule has 0 aromatic heterocycles. The molecule has 8 heteroatoms. The quantitative estimate of drug-likeness (QED) is 0.305. The smallest absolute Gasteiger partial charge is 0.224 e. The molecule has 0 aliphatic heterocycles. The standard InChI is InChI=1S/C22H28F2N4OS/c1-3-25-22(28-14-17-7-8-20(24)13-18(17)15-30-2)27-10-9-26-21(29)12-16-5-4-6-19(23)11-16/h4-8,11,13H,3,9-10,12,14-15H2,1-2H3,(H,26,29)(H2,25,27,28). The Labute approximate surface area is 180 Å². The van der Waals surface area contributed by atoms with Gasteiger partial charge in [0.15, 0.2) is 5.96 Å². The summed E-state index contributed by atoms with van der Waals surface area (Å²) in [4.78, 5) is 16.6. The SMILES string of the molecule is CCNC(=NCc1ccc(F)cc1CSC)NCCNC(=O)Cc1cccc(F)c1. The van der Waals surface area contributed by atoms with Crippen LogP contribution in [0.5, 0.6) is 0 Å². The van der Waals surface area contributed by atoms with Gasteiger partial charge in [-0.1, -0.05) is 18.2 Å².